The fourth-order valence-electron chi connectivity index (χ4n) is 2.14. The summed E-state index contributed by atoms with van der Waals surface area (Å²) in [4.78, 5) is 0. The molecule has 1 unspecified atom stereocenters. The number of anilines is 1. The first kappa shape index (κ1) is 13.2. The summed E-state index contributed by atoms with van der Waals surface area (Å²) in [6, 6.07) is 18.0. The van der Waals surface area contributed by atoms with Gasteiger partial charge in [-0.05, 0) is 44.9 Å². The molecule has 2 aromatic carbocycles. The lowest BCUT2D eigenvalue weighted by molar-refractivity contribution is 1.01. The van der Waals surface area contributed by atoms with Crippen LogP contribution in [0.3, 0.4) is 0 Å². The molecular formula is C16H11BrN2S. The molecule has 0 fully saturated rings. The van der Waals surface area contributed by atoms with Crippen LogP contribution in [0.4, 0.5) is 5.69 Å². The Morgan fingerprint density at radius 3 is 2.65 bits per heavy atom. The molecule has 1 atom stereocenters. The fourth-order valence-corrected chi connectivity index (χ4v) is 3.52. The first-order valence-corrected chi connectivity index (χ1v) is 7.83. The molecule has 0 radical (unpaired) electrons. The zero-order chi connectivity index (χ0) is 13.9. The lowest BCUT2D eigenvalue weighted by Gasteiger charge is -2.13. The maximum Gasteiger partial charge on any atom is 0.141 e. The zero-order valence-corrected chi connectivity index (χ0v) is 12.9. The van der Waals surface area contributed by atoms with Crippen LogP contribution < -0.4 is 5.32 Å². The number of nitriles is 1. The Kier molecular flexibility index (Phi) is 3.72. The van der Waals surface area contributed by atoms with Crippen LogP contribution in [-0.2, 0) is 0 Å². The Morgan fingerprint density at radius 1 is 1.10 bits per heavy atom. The van der Waals surface area contributed by atoms with Crippen LogP contribution in [0.25, 0.3) is 10.1 Å². The maximum absolute atomic E-state index is 9.49. The van der Waals surface area contributed by atoms with E-state index in [-0.39, 0.29) is 6.04 Å². The third kappa shape index (κ3) is 2.43. The van der Waals surface area contributed by atoms with E-state index >= 15 is 0 Å². The van der Waals surface area contributed by atoms with Gasteiger partial charge in [-0.15, -0.1) is 11.3 Å². The summed E-state index contributed by atoms with van der Waals surface area (Å²) in [5.41, 5.74) is 1.96. The highest BCUT2D eigenvalue weighted by molar-refractivity contribution is 9.10. The first-order valence-electron chi connectivity index (χ1n) is 6.16. The van der Waals surface area contributed by atoms with E-state index in [0.29, 0.717) is 0 Å². The van der Waals surface area contributed by atoms with E-state index in [1.54, 1.807) is 11.3 Å². The lowest BCUT2D eigenvalue weighted by Crippen LogP contribution is -2.08. The van der Waals surface area contributed by atoms with Gasteiger partial charge < -0.3 is 5.32 Å². The average molecular weight is 343 g/mol. The number of nitrogens with zero attached hydrogens (tertiary/aromatic N) is 1. The van der Waals surface area contributed by atoms with E-state index in [0.717, 1.165) is 21.1 Å². The number of thiophene rings is 1. The summed E-state index contributed by atoms with van der Waals surface area (Å²) in [7, 11) is 0. The van der Waals surface area contributed by atoms with Gasteiger partial charge in [0.25, 0.3) is 0 Å². The van der Waals surface area contributed by atoms with Gasteiger partial charge >= 0.3 is 0 Å². The monoisotopic (exact) mass is 342 g/mol. The second kappa shape index (κ2) is 5.66. The SMILES string of the molecule is N#CC(Nc1ccccc1Br)c1csc2ccccc12. The number of nitrogens with one attached hydrogen (secondary N) is 1. The number of halogens is 1. The van der Waals surface area contributed by atoms with Crippen molar-refractivity contribution in [1.82, 2.24) is 0 Å². The van der Waals surface area contributed by atoms with Crippen molar-refractivity contribution in [3.8, 4) is 6.07 Å². The van der Waals surface area contributed by atoms with Crippen LogP contribution in [-0.4, -0.2) is 0 Å². The smallest absolute Gasteiger partial charge is 0.141 e. The predicted molar refractivity (Wildman–Crippen MR) is 87.9 cm³/mol. The van der Waals surface area contributed by atoms with Crippen molar-refractivity contribution in [1.29, 1.82) is 5.26 Å². The average Bonchev–Trinajstić information content (AvgIpc) is 2.90. The van der Waals surface area contributed by atoms with Gasteiger partial charge in [0.2, 0.25) is 0 Å². The van der Waals surface area contributed by atoms with Crippen LogP contribution in [0.15, 0.2) is 58.4 Å². The molecule has 0 bridgehead atoms. The van der Waals surface area contributed by atoms with Gasteiger partial charge in [-0.1, -0.05) is 30.3 Å². The van der Waals surface area contributed by atoms with Gasteiger partial charge in [-0.2, -0.15) is 5.26 Å². The highest BCUT2D eigenvalue weighted by Gasteiger charge is 2.15. The van der Waals surface area contributed by atoms with Gasteiger partial charge in [-0.3, -0.25) is 0 Å². The molecule has 1 heterocycles. The number of rotatable bonds is 3. The third-order valence-corrected chi connectivity index (χ3v) is 4.80. The molecule has 0 saturated carbocycles. The molecule has 20 heavy (non-hydrogen) atoms. The third-order valence-electron chi connectivity index (χ3n) is 3.12. The van der Waals surface area contributed by atoms with Crippen molar-refractivity contribution in [2.45, 2.75) is 6.04 Å². The Bertz CT molecular complexity index is 788. The van der Waals surface area contributed by atoms with Gasteiger partial charge in [0.15, 0.2) is 0 Å². The summed E-state index contributed by atoms with van der Waals surface area (Å²) in [5, 5.41) is 16.0. The number of fused-ring (bicyclic) bond motifs is 1. The molecule has 2 nitrogen and oxygen atoms in total. The standard InChI is InChI=1S/C16H11BrN2S/c17-13-6-2-3-7-14(13)19-15(9-18)12-10-20-16-8-4-1-5-11(12)16/h1-8,10,15,19H. The predicted octanol–water partition coefficient (Wildman–Crippen LogP) is 5.34. The zero-order valence-electron chi connectivity index (χ0n) is 10.5. The van der Waals surface area contributed by atoms with Crippen LogP contribution in [0, 0.1) is 11.3 Å². The molecule has 0 spiro atoms. The summed E-state index contributed by atoms with van der Waals surface area (Å²) < 4.78 is 2.16. The lowest BCUT2D eigenvalue weighted by atomic mass is 10.1. The van der Waals surface area contributed by atoms with Crippen LogP contribution in [0.5, 0.6) is 0 Å². The van der Waals surface area contributed by atoms with Crippen molar-refractivity contribution < 1.29 is 0 Å². The Labute approximate surface area is 129 Å². The van der Waals surface area contributed by atoms with Crippen LogP contribution in [0.2, 0.25) is 0 Å². The number of para-hydroxylation sites is 1. The quantitative estimate of drug-likeness (QED) is 0.697. The highest BCUT2D eigenvalue weighted by Crippen LogP contribution is 2.33. The second-order valence-electron chi connectivity index (χ2n) is 4.37. The number of benzene rings is 2. The molecule has 0 aliphatic heterocycles. The highest BCUT2D eigenvalue weighted by atomic mass is 79.9. The molecule has 0 amide bonds. The fraction of sp³-hybridized carbons (Fsp3) is 0.0625. The summed E-state index contributed by atoms with van der Waals surface area (Å²) in [6.07, 6.45) is 0. The number of hydrogen-bond donors (Lipinski definition) is 1. The largest absolute Gasteiger partial charge is 0.365 e. The van der Waals surface area contributed by atoms with E-state index in [1.807, 2.05) is 36.4 Å². The van der Waals surface area contributed by atoms with Gasteiger partial charge in [0, 0.05) is 20.4 Å². The summed E-state index contributed by atoms with van der Waals surface area (Å²) >= 11 is 5.17. The van der Waals surface area contributed by atoms with Crippen molar-refractivity contribution in [2.75, 3.05) is 5.32 Å². The molecule has 1 N–H and O–H groups in total. The van der Waals surface area contributed by atoms with E-state index in [2.05, 4.69) is 44.8 Å². The first-order chi connectivity index (χ1) is 9.79. The minimum absolute atomic E-state index is 0.357. The Morgan fingerprint density at radius 2 is 1.85 bits per heavy atom. The number of hydrogen-bond acceptors (Lipinski definition) is 3. The molecule has 98 valence electrons. The minimum atomic E-state index is -0.357. The molecule has 0 aliphatic rings. The topological polar surface area (TPSA) is 35.8 Å². The molecule has 3 aromatic rings. The normalized spacial score (nSPS) is 12.0. The van der Waals surface area contributed by atoms with Gasteiger partial charge in [0.1, 0.15) is 6.04 Å². The van der Waals surface area contributed by atoms with Crippen molar-refractivity contribution >= 4 is 43.0 Å². The molecule has 1 aromatic heterocycles. The van der Waals surface area contributed by atoms with Gasteiger partial charge in [-0.25, -0.2) is 0 Å². The van der Waals surface area contributed by atoms with Crippen LogP contribution >= 0.6 is 27.3 Å². The van der Waals surface area contributed by atoms with Gasteiger partial charge in [0.05, 0.1) is 6.07 Å². The minimum Gasteiger partial charge on any atom is -0.365 e. The van der Waals surface area contributed by atoms with Crippen molar-refractivity contribution in [3.05, 3.63) is 63.9 Å². The van der Waals surface area contributed by atoms with E-state index in [4.69, 9.17) is 0 Å². The summed E-state index contributed by atoms with van der Waals surface area (Å²) in [6.45, 7) is 0. The molecule has 0 aliphatic carbocycles. The van der Waals surface area contributed by atoms with E-state index in [1.165, 1.54) is 4.70 Å². The Balaban J connectivity index is 1.99. The molecule has 4 heteroatoms. The molecule has 3 rings (SSSR count). The van der Waals surface area contributed by atoms with Crippen molar-refractivity contribution in [2.24, 2.45) is 0 Å². The Hall–Kier alpha value is -1.83. The van der Waals surface area contributed by atoms with Crippen LogP contribution in [0.1, 0.15) is 11.6 Å². The molecular weight excluding hydrogens is 332 g/mol. The van der Waals surface area contributed by atoms with Crippen molar-refractivity contribution in [3.63, 3.8) is 0 Å². The molecule has 0 saturated heterocycles. The van der Waals surface area contributed by atoms with E-state index in [9.17, 15) is 5.26 Å². The summed E-state index contributed by atoms with van der Waals surface area (Å²) in [5.74, 6) is 0. The maximum atomic E-state index is 9.49. The van der Waals surface area contributed by atoms with E-state index < -0.39 is 0 Å². The second-order valence-corrected chi connectivity index (χ2v) is 6.14.